The van der Waals surface area contributed by atoms with Crippen LogP contribution in [0.3, 0.4) is 0 Å². The van der Waals surface area contributed by atoms with Crippen molar-refractivity contribution in [3.05, 3.63) is 77.6 Å². The van der Waals surface area contributed by atoms with Crippen molar-refractivity contribution in [2.75, 3.05) is 18.6 Å². The van der Waals surface area contributed by atoms with Gasteiger partial charge in [-0.25, -0.2) is 9.48 Å². The Hall–Kier alpha value is -3.41. The van der Waals surface area contributed by atoms with Crippen molar-refractivity contribution in [2.24, 2.45) is 0 Å². The summed E-state index contributed by atoms with van der Waals surface area (Å²) in [5.41, 5.74) is 3.68. The van der Waals surface area contributed by atoms with Gasteiger partial charge in [0.2, 0.25) is 0 Å². The normalized spacial score (nSPS) is 13.1. The van der Waals surface area contributed by atoms with Crippen LogP contribution in [0, 0.1) is 0 Å². The van der Waals surface area contributed by atoms with Crippen molar-refractivity contribution in [1.29, 1.82) is 0 Å². The monoisotopic (exact) mass is 361 g/mol. The van der Waals surface area contributed by atoms with E-state index >= 15 is 0 Å². The summed E-state index contributed by atoms with van der Waals surface area (Å²) in [4.78, 5) is 26.9. The second-order valence-electron chi connectivity index (χ2n) is 6.35. The number of fused-ring (bicyclic) bond motifs is 1. The lowest BCUT2D eigenvalue weighted by Crippen LogP contribution is -2.36. The molecule has 0 unspecified atom stereocenters. The fourth-order valence-corrected chi connectivity index (χ4v) is 3.47. The minimum Gasteiger partial charge on any atom is -0.465 e. The molecule has 0 atom stereocenters. The molecule has 0 saturated heterocycles. The van der Waals surface area contributed by atoms with Crippen LogP contribution in [0.25, 0.3) is 5.69 Å². The van der Waals surface area contributed by atoms with E-state index < -0.39 is 0 Å². The largest absolute Gasteiger partial charge is 0.465 e. The van der Waals surface area contributed by atoms with Crippen LogP contribution < -0.4 is 4.90 Å². The van der Waals surface area contributed by atoms with Crippen molar-refractivity contribution in [3.63, 3.8) is 0 Å². The number of methoxy groups -OCH3 is 1. The van der Waals surface area contributed by atoms with Crippen LogP contribution in [0.4, 0.5) is 5.69 Å². The number of benzene rings is 2. The standard InChI is InChI=1S/C21H19N3O3/c1-27-21(26)18-5-2-7-19-17(18)6-3-13-23(19)20(25)15-8-10-16(11-9-15)24-14-4-12-22-24/h2,4-5,7-12,14H,3,6,13H2,1H3. The molecule has 0 N–H and O–H groups in total. The average molecular weight is 361 g/mol. The average Bonchev–Trinajstić information content (AvgIpc) is 3.27. The van der Waals surface area contributed by atoms with Crippen molar-refractivity contribution in [3.8, 4) is 5.69 Å². The van der Waals surface area contributed by atoms with Gasteiger partial charge in [0.1, 0.15) is 0 Å². The minimum absolute atomic E-state index is 0.0787. The van der Waals surface area contributed by atoms with Crippen LogP contribution in [0.1, 0.15) is 32.7 Å². The fourth-order valence-electron chi connectivity index (χ4n) is 3.47. The third-order valence-electron chi connectivity index (χ3n) is 4.78. The molecule has 0 bridgehead atoms. The van der Waals surface area contributed by atoms with Gasteiger partial charge in [0.15, 0.2) is 0 Å². The van der Waals surface area contributed by atoms with Gasteiger partial charge in [-0.1, -0.05) is 6.07 Å². The van der Waals surface area contributed by atoms with Gasteiger partial charge in [0, 0.05) is 30.2 Å². The molecule has 1 aromatic heterocycles. The quantitative estimate of drug-likeness (QED) is 0.672. The number of hydrogen-bond donors (Lipinski definition) is 0. The molecular weight excluding hydrogens is 342 g/mol. The highest BCUT2D eigenvalue weighted by Crippen LogP contribution is 2.31. The molecule has 0 spiro atoms. The first-order valence-electron chi connectivity index (χ1n) is 8.81. The van der Waals surface area contributed by atoms with Crippen LogP contribution in [0.2, 0.25) is 0 Å². The topological polar surface area (TPSA) is 64.4 Å². The molecule has 1 aliphatic rings. The Balaban J connectivity index is 1.65. The summed E-state index contributed by atoms with van der Waals surface area (Å²) in [5, 5.41) is 4.19. The highest BCUT2D eigenvalue weighted by molar-refractivity contribution is 6.07. The van der Waals surface area contributed by atoms with E-state index in [0.717, 1.165) is 29.8 Å². The van der Waals surface area contributed by atoms with E-state index in [2.05, 4.69) is 5.10 Å². The number of esters is 1. The predicted octanol–water partition coefficient (Wildman–Crippen LogP) is 3.25. The lowest BCUT2D eigenvalue weighted by molar-refractivity contribution is 0.0599. The molecule has 0 fully saturated rings. The zero-order valence-electron chi connectivity index (χ0n) is 15.0. The summed E-state index contributed by atoms with van der Waals surface area (Å²) in [6, 6.07) is 14.6. The Morgan fingerprint density at radius 2 is 1.89 bits per heavy atom. The number of carbonyl (C=O) groups excluding carboxylic acids is 2. The highest BCUT2D eigenvalue weighted by Gasteiger charge is 2.27. The van der Waals surface area contributed by atoms with E-state index in [-0.39, 0.29) is 11.9 Å². The van der Waals surface area contributed by atoms with Crippen LogP contribution >= 0.6 is 0 Å². The van der Waals surface area contributed by atoms with Crippen LogP contribution in [-0.2, 0) is 11.2 Å². The number of aromatic nitrogens is 2. The van der Waals surface area contributed by atoms with Crippen LogP contribution in [-0.4, -0.2) is 35.3 Å². The van der Waals surface area contributed by atoms with E-state index in [1.54, 1.807) is 40.0 Å². The zero-order chi connectivity index (χ0) is 18.8. The molecule has 2 aromatic carbocycles. The van der Waals surface area contributed by atoms with Crippen molar-refractivity contribution in [2.45, 2.75) is 12.8 Å². The van der Waals surface area contributed by atoms with E-state index in [9.17, 15) is 9.59 Å². The summed E-state index contributed by atoms with van der Waals surface area (Å²) in [5.74, 6) is -0.449. The molecule has 6 nitrogen and oxygen atoms in total. The van der Waals surface area contributed by atoms with E-state index in [1.165, 1.54) is 7.11 Å². The van der Waals surface area contributed by atoms with Gasteiger partial charge in [0.25, 0.3) is 5.91 Å². The molecule has 0 aliphatic carbocycles. The van der Waals surface area contributed by atoms with Crippen molar-refractivity contribution < 1.29 is 14.3 Å². The Kier molecular flexibility index (Phi) is 4.46. The van der Waals surface area contributed by atoms with Gasteiger partial charge < -0.3 is 9.64 Å². The second kappa shape index (κ2) is 7.07. The Bertz CT molecular complexity index is 978. The maximum Gasteiger partial charge on any atom is 0.338 e. The molecule has 1 aliphatic heterocycles. The molecule has 1 amide bonds. The van der Waals surface area contributed by atoms with E-state index in [0.29, 0.717) is 17.7 Å². The number of nitrogens with zero attached hydrogens (tertiary/aromatic N) is 3. The summed E-state index contributed by atoms with van der Waals surface area (Å²) < 4.78 is 6.62. The molecule has 6 heteroatoms. The van der Waals surface area contributed by atoms with Gasteiger partial charge in [-0.05, 0) is 60.9 Å². The SMILES string of the molecule is COC(=O)c1cccc2c1CCCN2C(=O)c1ccc(-n2cccn2)cc1. The van der Waals surface area contributed by atoms with Crippen molar-refractivity contribution in [1.82, 2.24) is 9.78 Å². The first kappa shape index (κ1) is 17.0. The molecule has 136 valence electrons. The minimum atomic E-state index is -0.371. The molecule has 0 radical (unpaired) electrons. The fraction of sp³-hybridized carbons (Fsp3) is 0.190. The van der Waals surface area contributed by atoms with Crippen LogP contribution in [0.5, 0.6) is 0 Å². The maximum absolute atomic E-state index is 13.1. The second-order valence-corrected chi connectivity index (χ2v) is 6.35. The number of anilines is 1. The Morgan fingerprint density at radius 3 is 2.59 bits per heavy atom. The smallest absolute Gasteiger partial charge is 0.338 e. The third kappa shape index (κ3) is 3.10. The van der Waals surface area contributed by atoms with Gasteiger partial charge in [0.05, 0.1) is 18.4 Å². The Morgan fingerprint density at radius 1 is 1.07 bits per heavy atom. The van der Waals surface area contributed by atoms with Gasteiger partial charge in [-0.15, -0.1) is 0 Å². The number of rotatable bonds is 3. The molecular formula is C21H19N3O3. The number of amides is 1. The molecule has 3 aromatic rings. The van der Waals surface area contributed by atoms with Crippen LogP contribution in [0.15, 0.2) is 60.9 Å². The zero-order valence-corrected chi connectivity index (χ0v) is 15.0. The lowest BCUT2D eigenvalue weighted by Gasteiger charge is -2.30. The van der Waals surface area contributed by atoms with Gasteiger partial charge >= 0.3 is 5.97 Å². The molecule has 27 heavy (non-hydrogen) atoms. The summed E-state index contributed by atoms with van der Waals surface area (Å²) >= 11 is 0. The van der Waals surface area contributed by atoms with E-state index in [4.69, 9.17) is 4.74 Å². The number of carbonyl (C=O) groups is 2. The maximum atomic E-state index is 13.1. The number of ether oxygens (including phenoxy) is 1. The summed E-state index contributed by atoms with van der Waals surface area (Å²) in [6.07, 6.45) is 5.12. The predicted molar refractivity (Wildman–Crippen MR) is 101 cm³/mol. The Labute approximate surface area is 157 Å². The highest BCUT2D eigenvalue weighted by atomic mass is 16.5. The van der Waals surface area contributed by atoms with Crippen molar-refractivity contribution >= 4 is 17.6 Å². The van der Waals surface area contributed by atoms with Gasteiger partial charge in [-0.3, -0.25) is 4.79 Å². The lowest BCUT2D eigenvalue weighted by atomic mass is 9.95. The first-order chi connectivity index (χ1) is 13.2. The summed E-state index contributed by atoms with van der Waals surface area (Å²) in [7, 11) is 1.37. The summed E-state index contributed by atoms with van der Waals surface area (Å²) in [6.45, 7) is 0.622. The van der Waals surface area contributed by atoms with E-state index in [1.807, 2.05) is 30.5 Å². The molecule has 0 saturated carbocycles. The first-order valence-corrected chi connectivity index (χ1v) is 8.81. The van der Waals surface area contributed by atoms with Gasteiger partial charge in [-0.2, -0.15) is 5.10 Å². The molecule has 2 heterocycles. The number of hydrogen-bond acceptors (Lipinski definition) is 4. The molecule has 4 rings (SSSR count). The third-order valence-corrected chi connectivity index (χ3v) is 4.78.